The Kier molecular flexibility index (Phi) is 4.87. The van der Waals surface area contributed by atoms with Crippen molar-refractivity contribution in [3.05, 3.63) is 30.1 Å². The molecule has 2 rings (SSSR count). The van der Waals surface area contributed by atoms with Crippen molar-refractivity contribution >= 4 is 11.6 Å². The van der Waals surface area contributed by atoms with Gasteiger partial charge in [-0.1, -0.05) is 0 Å². The van der Waals surface area contributed by atoms with E-state index in [4.69, 9.17) is 4.74 Å². The number of rotatable bonds is 6. The van der Waals surface area contributed by atoms with Crippen molar-refractivity contribution in [2.45, 2.75) is 31.9 Å². The summed E-state index contributed by atoms with van der Waals surface area (Å²) in [5, 5.41) is 5.88. The highest BCUT2D eigenvalue weighted by molar-refractivity contribution is 5.92. The van der Waals surface area contributed by atoms with Crippen molar-refractivity contribution in [2.24, 2.45) is 0 Å². The second kappa shape index (κ2) is 6.63. The van der Waals surface area contributed by atoms with Crippen LogP contribution in [0, 0.1) is 5.82 Å². The number of benzene rings is 1. The summed E-state index contributed by atoms with van der Waals surface area (Å²) in [6.07, 6.45) is 2.25. The molecular formula is C14H19FN2O2. The highest BCUT2D eigenvalue weighted by Crippen LogP contribution is 2.22. The SMILES string of the molecule is CCOC1CC(NCC(=O)Nc2ccc(F)cc2)C1. The molecule has 0 radical (unpaired) electrons. The molecule has 0 atom stereocenters. The Morgan fingerprint density at radius 2 is 2.05 bits per heavy atom. The number of anilines is 1. The second-order valence-electron chi connectivity index (χ2n) is 4.68. The maximum Gasteiger partial charge on any atom is 0.238 e. The Balaban J connectivity index is 1.64. The van der Waals surface area contributed by atoms with Gasteiger partial charge in [-0.05, 0) is 44.0 Å². The van der Waals surface area contributed by atoms with Crippen LogP contribution in [-0.4, -0.2) is 31.2 Å². The van der Waals surface area contributed by atoms with E-state index >= 15 is 0 Å². The molecule has 0 heterocycles. The standard InChI is InChI=1S/C14H19FN2O2/c1-2-19-13-7-12(8-13)16-9-14(18)17-11-5-3-10(15)4-6-11/h3-6,12-13,16H,2,7-9H2,1H3,(H,17,18). The van der Waals surface area contributed by atoms with Gasteiger partial charge in [0.15, 0.2) is 0 Å². The monoisotopic (exact) mass is 266 g/mol. The maximum atomic E-state index is 12.7. The molecule has 19 heavy (non-hydrogen) atoms. The van der Waals surface area contributed by atoms with Crippen LogP contribution in [0.1, 0.15) is 19.8 Å². The van der Waals surface area contributed by atoms with Crippen LogP contribution in [0.4, 0.5) is 10.1 Å². The van der Waals surface area contributed by atoms with Gasteiger partial charge in [-0.15, -0.1) is 0 Å². The molecule has 104 valence electrons. The third-order valence-electron chi connectivity index (χ3n) is 3.18. The van der Waals surface area contributed by atoms with Crippen molar-refractivity contribution in [2.75, 3.05) is 18.5 Å². The summed E-state index contributed by atoms with van der Waals surface area (Å²) in [6, 6.07) is 6.09. The number of hydrogen-bond acceptors (Lipinski definition) is 3. The molecule has 1 fully saturated rings. The predicted molar refractivity (Wildman–Crippen MR) is 71.5 cm³/mol. The Bertz CT molecular complexity index is 416. The number of nitrogens with one attached hydrogen (secondary N) is 2. The third-order valence-corrected chi connectivity index (χ3v) is 3.18. The van der Waals surface area contributed by atoms with E-state index in [9.17, 15) is 9.18 Å². The van der Waals surface area contributed by atoms with E-state index in [0.29, 0.717) is 17.8 Å². The van der Waals surface area contributed by atoms with Gasteiger partial charge in [-0.2, -0.15) is 0 Å². The molecule has 2 N–H and O–H groups in total. The van der Waals surface area contributed by atoms with Crippen LogP contribution in [0.3, 0.4) is 0 Å². The molecule has 0 saturated heterocycles. The van der Waals surface area contributed by atoms with Gasteiger partial charge in [0.1, 0.15) is 5.82 Å². The van der Waals surface area contributed by atoms with Gasteiger partial charge in [-0.3, -0.25) is 4.79 Å². The average Bonchev–Trinajstić information content (AvgIpc) is 2.35. The fraction of sp³-hybridized carbons (Fsp3) is 0.500. The van der Waals surface area contributed by atoms with Gasteiger partial charge in [-0.25, -0.2) is 4.39 Å². The van der Waals surface area contributed by atoms with Crippen molar-refractivity contribution in [1.29, 1.82) is 0 Å². The first-order valence-corrected chi connectivity index (χ1v) is 6.57. The summed E-state index contributed by atoms with van der Waals surface area (Å²) in [7, 11) is 0. The smallest absolute Gasteiger partial charge is 0.238 e. The van der Waals surface area contributed by atoms with E-state index in [2.05, 4.69) is 10.6 Å². The molecule has 1 aliphatic rings. The quantitative estimate of drug-likeness (QED) is 0.827. The van der Waals surface area contributed by atoms with E-state index in [0.717, 1.165) is 19.4 Å². The lowest BCUT2D eigenvalue weighted by Gasteiger charge is -2.35. The first-order valence-electron chi connectivity index (χ1n) is 6.57. The van der Waals surface area contributed by atoms with Crippen LogP contribution in [0.2, 0.25) is 0 Å². The topological polar surface area (TPSA) is 50.4 Å². The van der Waals surface area contributed by atoms with Crippen LogP contribution in [-0.2, 0) is 9.53 Å². The molecule has 0 unspecified atom stereocenters. The van der Waals surface area contributed by atoms with E-state index < -0.39 is 0 Å². The number of carbonyl (C=O) groups excluding carboxylic acids is 1. The minimum atomic E-state index is -0.312. The minimum Gasteiger partial charge on any atom is -0.378 e. The van der Waals surface area contributed by atoms with Crippen LogP contribution < -0.4 is 10.6 Å². The molecule has 0 aromatic heterocycles. The first-order chi connectivity index (χ1) is 9.17. The Morgan fingerprint density at radius 1 is 1.37 bits per heavy atom. The number of halogens is 1. The Hall–Kier alpha value is -1.46. The summed E-state index contributed by atoms with van der Waals surface area (Å²) in [5.74, 6) is -0.431. The van der Waals surface area contributed by atoms with E-state index in [1.54, 1.807) is 12.1 Å². The molecular weight excluding hydrogens is 247 g/mol. The summed E-state index contributed by atoms with van der Waals surface area (Å²) in [5.41, 5.74) is 0.606. The highest BCUT2D eigenvalue weighted by atomic mass is 19.1. The van der Waals surface area contributed by atoms with Crippen LogP contribution >= 0.6 is 0 Å². The largest absolute Gasteiger partial charge is 0.378 e. The molecule has 4 nitrogen and oxygen atoms in total. The average molecular weight is 266 g/mol. The van der Waals surface area contributed by atoms with Gasteiger partial charge in [0.2, 0.25) is 5.91 Å². The van der Waals surface area contributed by atoms with Crippen LogP contribution in [0.25, 0.3) is 0 Å². The van der Waals surface area contributed by atoms with E-state index in [-0.39, 0.29) is 18.3 Å². The predicted octanol–water partition coefficient (Wildman–Crippen LogP) is 1.92. The molecule has 0 aliphatic heterocycles. The van der Waals surface area contributed by atoms with Gasteiger partial charge >= 0.3 is 0 Å². The fourth-order valence-electron chi connectivity index (χ4n) is 2.08. The number of carbonyl (C=O) groups is 1. The zero-order valence-electron chi connectivity index (χ0n) is 11.0. The molecule has 1 amide bonds. The number of ether oxygens (including phenoxy) is 1. The lowest BCUT2D eigenvalue weighted by Crippen LogP contribution is -2.47. The lowest BCUT2D eigenvalue weighted by atomic mass is 9.89. The number of hydrogen-bond donors (Lipinski definition) is 2. The van der Waals surface area contributed by atoms with Crippen LogP contribution in [0.15, 0.2) is 24.3 Å². The van der Waals surface area contributed by atoms with Gasteiger partial charge in [0.25, 0.3) is 0 Å². The summed E-state index contributed by atoms with van der Waals surface area (Å²) < 4.78 is 18.1. The molecule has 0 bridgehead atoms. The first kappa shape index (κ1) is 14.0. The van der Waals surface area contributed by atoms with Gasteiger partial charge < -0.3 is 15.4 Å². The van der Waals surface area contributed by atoms with E-state index in [1.807, 2.05) is 6.92 Å². The zero-order valence-corrected chi connectivity index (χ0v) is 11.0. The summed E-state index contributed by atoms with van der Waals surface area (Å²) in [6.45, 7) is 2.99. The van der Waals surface area contributed by atoms with Crippen LogP contribution in [0.5, 0.6) is 0 Å². The normalized spacial score (nSPS) is 21.8. The van der Waals surface area contributed by atoms with Crippen molar-refractivity contribution < 1.29 is 13.9 Å². The molecule has 1 aromatic carbocycles. The fourth-order valence-corrected chi connectivity index (χ4v) is 2.08. The highest BCUT2D eigenvalue weighted by Gasteiger charge is 2.29. The summed E-state index contributed by atoms with van der Waals surface area (Å²) in [4.78, 5) is 11.7. The minimum absolute atomic E-state index is 0.119. The second-order valence-corrected chi connectivity index (χ2v) is 4.68. The van der Waals surface area contributed by atoms with Gasteiger partial charge in [0.05, 0.1) is 12.6 Å². The third kappa shape index (κ3) is 4.29. The molecule has 1 aliphatic carbocycles. The maximum absolute atomic E-state index is 12.7. The summed E-state index contributed by atoms with van der Waals surface area (Å²) >= 11 is 0. The molecule has 5 heteroatoms. The number of amides is 1. The van der Waals surface area contributed by atoms with Gasteiger partial charge in [0, 0.05) is 18.3 Å². The molecule has 1 saturated carbocycles. The lowest BCUT2D eigenvalue weighted by molar-refractivity contribution is -0.116. The molecule has 1 aromatic rings. The van der Waals surface area contributed by atoms with Crippen molar-refractivity contribution in [3.63, 3.8) is 0 Å². The van der Waals surface area contributed by atoms with E-state index in [1.165, 1.54) is 12.1 Å². The molecule has 0 spiro atoms. The van der Waals surface area contributed by atoms with Crippen molar-refractivity contribution in [1.82, 2.24) is 5.32 Å². The van der Waals surface area contributed by atoms with Crippen molar-refractivity contribution in [3.8, 4) is 0 Å². The Labute approximate surface area is 112 Å². The Morgan fingerprint density at radius 3 is 2.68 bits per heavy atom. The zero-order chi connectivity index (χ0) is 13.7.